The van der Waals surface area contributed by atoms with Crippen LogP contribution in [0.25, 0.3) is 11.2 Å². The van der Waals surface area contributed by atoms with Gasteiger partial charge in [-0.05, 0) is 36.8 Å². The van der Waals surface area contributed by atoms with E-state index in [1.54, 1.807) is 48.9 Å². The minimum atomic E-state index is -0.166. The number of carbonyl (C=O) groups excluding carboxylic acids is 1. The number of rotatable bonds is 6. The van der Waals surface area contributed by atoms with E-state index in [2.05, 4.69) is 26.8 Å². The number of imidazole rings is 1. The third kappa shape index (κ3) is 4.17. The lowest BCUT2D eigenvalue weighted by Gasteiger charge is -2.19. The minimum Gasteiger partial charge on any atom is -0.467 e. The summed E-state index contributed by atoms with van der Waals surface area (Å²) in [6.07, 6.45) is 8.45. The first kappa shape index (κ1) is 18.4. The molecule has 1 amide bonds. The zero-order valence-corrected chi connectivity index (χ0v) is 15.9. The molecule has 0 aliphatic carbocycles. The highest BCUT2D eigenvalue weighted by molar-refractivity contribution is 5.96. The van der Waals surface area contributed by atoms with Gasteiger partial charge in [-0.1, -0.05) is 12.0 Å². The van der Waals surface area contributed by atoms with Gasteiger partial charge in [-0.2, -0.15) is 0 Å². The number of amides is 1. The maximum absolute atomic E-state index is 13.1. The maximum Gasteiger partial charge on any atom is 0.256 e. The molecule has 29 heavy (non-hydrogen) atoms. The van der Waals surface area contributed by atoms with Gasteiger partial charge >= 0.3 is 0 Å². The normalized spacial score (nSPS) is 10.5. The van der Waals surface area contributed by atoms with Crippen molar-refractivity contribution < 1.29 is 9.21 Å². The Morgan fingerprint density at radius 2 is 2.17 bits per heavy atom. The third-order valence-electron chi connectivity index (χ3n) is 4.44. The van der Waals surface area contributed by atoms with Crippen LogP contribution in [0.15, 0.2) is 65.9 Å². The van der Waals surface area contributed by atoms with Gasteiger partial charge in [0.25, 0.3) is 5.91 Å². The predicted molar refractivity (Wildman–Crippen MR) is 108 cm³/mol. The standard InChI is InChI=1S/C22H19N5O2/c1-2-3-9-26(15-19-7-5-10-29-19)22(28)18-11-20-21(24-13-18)27(16-25-20)14-17-6-4-8-23-12-17/h4-8,10-13,16H,9,14-15H2,1H3. The van der Waals surface area contributed by atoms with Gasteiger partial charge in [-0.15, -0.1) is 5.92 Å². The second-order valence-corrected chi connectivity index (χ2v) is 6.47. The molecule has 0 bridgehead atoms. The summed E-state index contributed by atoms with van der Waals surface area (Å²) in [7, 11) is 0. The van der Waals surface area contributed by atoms with E-state index >= 15 is 0 Å². The first-order valence-corrected chi connectivity index (χ1v) is 9.15. The topological polar surface area (TPSA) is 77.0 Å². The molecule has 4 aromatic heterocycles. The summed E-state index contributed by atoms with van der Waals surface area (Å²) in [6, 6.07) is 9.29. The first-order chi connectivity index (χ1) is 14.2. The van der Waals surface area contributed by atoms with Crippen molar-refractivity contribution in [2.75, 3.05) is 6.54 Å². The molecule has 4 heterocycles. The van der Waals surface area contributed by atoms with Gasteiger partial charge in [-0.3, -0.25) is 9.78 Å². The van der Waals surface area contributed by atoms with Crippen molar-refractivity contribution in [2.45, 2.75) is 20.0 Å². The average molecular weight is 385 g/mol. The fourth-order valence-corrected chi connectivity index (χ4v) is 3.02. The van der Waals surface area contributed by atoms with Gasteiger partial charge in [0.1, 0.15) is 11.3 Å². The van der Waals surface area contributed by atoms with Gasteiger partial charge in [0.2, 0.25) is 0 Å². The molecule has 0 aliphatic heterocycles. The largest absolute Gasteiger partial charge is 0.467 e. The molecule has 0 spiro atoms. The molecule has 7 heteroatoms. The summed E-state index contributed by atoms with van der Waals surface area (Å²) in [5.74, 6) is 6.31. The number of carbonyl (C=O) groups is 1. The molecule has 0 saturated carbocycles. The number of furan rings is 1. The van der Waals surface area contributed by atoms with E-state index in [0.29, 0.717) is 36.5 Å². The van der Waals surface area contributed by atoms with Crippen LogP contribution in [-0.4, -0.2) is 36.9 Å². The molecule has 0 radical (unpaired) electrons. The number of fused-ring (bicyclic) bond motifs is 1. The Morgan fingerprint density at radius 1 is 1.24 bits per heavy atom. The van der Waals surface area contributed by atoms with Crippen LogP contribution in [0.3, 0.4) is 0 Å². The lowest BCUT2D eigenvalue weighted by atomic mass is 10.2. The molecular formula is C22H19N5O2. The first-order valence-electron chi connectivity index (χ1n) is 9.15. The molecule has 7 nitrogen and oxygen atoms in total. The molecule has 0 saturated heterocycles. The lowest BCUT2D eigenvalue weighted by molar-refractivity contribution is 0.0755. The Balaban J connectivity index is 1.58. The van der Waals surface area contributed by atoms with E-state index in [1.807, 2.05) is 29.0 Å². The van der Waals surface area contributed by atoms with Gasteiger partial charge in [-0.25, -0.2) is 9.97 Å². The highest BCUT2D eigenvalue weighted by Crippen LogP contribution is 2.16. The number of hydrogen-bond acceptors (Lipinski definition) is 5. The van der Waals surface area contributed by atoms with E-state index in [0.717, 1.165) is 11.2 Å². The minimum absolute atomic E-state index is 0.166. The smallest absolute Gasteiger partial charge is 0.256 e. The van der Waals surface area contributed by atoms with Crippen molar-refractivity contribution >= 4 is 17.1 Å². The Hall–Kier alpha value is -3.92. The molecule has 0 fully saturated rings. The number of hydrogen-bond donors (Lipinski definition) is 0. The highest BCUT2D eigenvalue weighted by atomic mass is 16.3. The van der Waals surface area contributed by atoms with Crippen LogP contribution in [0.5, 0.6) is 0 Å². The molecular weight excluding hydrogens is 366 g/mol. The van der Waals surface area contributed by atoms with E-state index in [4.69, 9.17) is 4.42 Å². The summed E-state index contributed by atoms with van der Waals surface area (Å²) in [6.45, 7) is 3.01. The second-order valence-electron chi connectivity index (χ2n) is 6.47. The Kier molecular flexibility index (Phi) is 5.34. The zero-order valence-electron chi connectivity index (χ0n) is 15.9. The quantitative estimate of drug-likeness (QED) is 0.477. The molecule has 0 aliphatic rings. The van der Waals surface area contributed by atoms with E-state index < -0.39 is 0 Å². The van der Waals surface area contributed by atoms with Crippen LogP contribution in [0.2, 0.25) is 0 Å². The van der Waals surface area contributed by atoms with Crippen LogP contribution < -0.4 is 0 Å². The fraction of sp³-hybridized carbons (Fsp3) is 0.182. The van der Waals surface area contributed by atoms with Crippen LogP contribution in [0.4, 0.5) is 0 Å². The fourth-order valence-electron chi connectivity index (χ4n) is 3.02. The number of aromatic nitrogens is 4. The average Bonchev–Trinajstić information content (AvgIpc) is 3.41. The van der Waals surface area contributed by atoms with Crippen LogP contribution in [0.1, 0.15) is 28.6 Å². The SMILES string of the molecule is CC#CCN(Cc1ccco1)C(=O)c1cnc2c(c1)ncn2Cc1cccnc1. The Bertz CT molecular complexity index is 1170. The Morgan fingerprint density at radius 3 is 2.93 bits per heavy atom. The van der Waals surface area contributed by atoms with Gasteiger partial charge in [0.15, 0.2) is 5.65 Å². The van der Waals surface area contributed by atoms with E-state index in [-0.39, 0.29) is 5.91 Å². The third-order valence-corrected chi connectivity index (χ3v) is 4.44. The summed E-state index contributed by atoms with van der Waals surface area (Å²) >= 11 is 0. The van der Waals surface area contributed by atoms with Crippen molar-refractivity contribution in [2.24, 2.45) is 0 Å². The van der Waals surface area contributed by atoms with E-state index in [1.165, 1.54) is 0 Å². The second kappa shape index (κ2) is 8.40. The van der Waals surface area contributed by atoms with E-state index in [9.17, 15) is 4.79 Å². The summed E-state index contributed by atoms with van der Waals surface area (Å²) in [5, 5.41) is 0. The van der Waals surface area contributed by atoms with Gasteiger partial charge in [0, 0.05) is 18.6 Å². The van der Waals surface area contributed by atoms with Crippen molar-refractivity contribution in [1.29, 1.82) is 0 Å². The van der Waals surface area contributed by atoms with Crippen LogP contribution >= 0.6 is 0 Å². The molecule has 144 valence electrons. The molecule has 0 atom stereocenters. The van der Waals surface area contributed by atoms with Crippen molar-refractivity contribution in [3.8, 4) is 11.8 Å². The number of pyridine rings is 2. The zero-order chi connectivity index (χ0) is 20.1. The predicted octanol–water partition coefficient (Wildman–Crippen LogP) is 3.13. The highest BCUT2D eigenvalue weighted by Gasteiger charge is 2.18. The molecule has 0 aromatic carbocycles. The molecule has 4 rings (SSSR count). The van der Waals surface area contributed by atoms with Crippen molar-refractivity contribution in [3.63, 3.8) is 0 Å². The van der Waals surface area contributed by atoms with Gasteiger partial charge in [0.05, 0.1) is 37.8 Å². The monoisotopic (exact) mass is 385 g/mol. The number of nitrogens with zero attached hydrogens (tertiary/aromatic N) is 5. The summed E-state index contributed by atoms with van der Waals surface area (Å²) in [4.78, 5) is 27.7. The Labute approximate surface area is 168 Å². The molecule has 4 aromatic rings. The molecule has 0 N–H and O–H groups in total. The van der Waals surface area contributed by atoms with Crippen molar-refractivity contribution in [1.82, 2.24) is 24.4 Å². The maximum atomic E-state index is 13.1. The summed E-state index contributed by atoms with van der Waals surface area (Å²) in [5.41, 5.74) is 2.90. The molecule has 0 unspecified atom stereocenters. The lowest BCUT2D eigenvalue weighted by Crippen LogP contribution is -2.31. The summed E-state index contributed by atoms with van der Waals surface area (Å²) < 4.78 is 7.32. The van der Waals surface area contributed by atoms with Crippen LogP contribution in [-0.2, 0) is 13.1 Å². The van der Waals surface area contributed by atoms with Crippen molar-refractivity contribution in [3.05, 3.63) is 78.4 Å². The van der Waals surface area contributed by atoms with Crippen LogP contribution in [0, 0.1) is 11.8 Å². The van der Waals surface area contributed by atoms with Gasteiger partial charge < -0.3 is 13.9 Å².